The van der Waals surface area contributed by atoms with Gasteiger partial charge in [0.25, 0.3) is 0 Å². The SMILES string of the molecule is Cc1ccc(Cl)nc1.Cc1ccc(Cl)nc1.O=[N+]([O-])[O-].O=[N+]([O-])[O-].[Cu+2]. The van der Waals surface area contributed by atoms with Gasteiger partial charge in [-0.3, -0.25) is 0 Å². The zero-order valence-corrected chi connectivity index (χ0v) is 15.2. The van der Waals surface area contributed by atoms with Crippen molar-refractivity contribution < 1.29 is 27.2 Å². The third-order valence-electron chi connectivity index (χ3n) is 1.75. The zero-order chi connectivity index (χ0) is 19.1. The summed E-state index contributed by atoms with van der Waals surface area (Å²) in [5, 5.41) is 30.6. The quantitative estimate of drug-likeness (QED) is 0.259. The van der Waals surface area contributed by atoms with Crippen LogP contribution in [0.3, 0.4) is 0 Å². The first kappa shape index (κ1) is 27.6. The summed E-state index contributed by atoms with van der Waals surface area (Å²) in [5.41, 5.74) is 2.27. The molecule has 2 heterocycles. The van der Waals surface area contributed by atoms with E-state index < -0.39 is 10.2 Å². The molecule has 2 rings (SSSR count). The molecular weight excluding hydrogens is 431 g/mol. The van der Waals surface area contributed by atoms with Crippen molar-refractivity contribution in [1.82, 2.24) is 9.97 Å². The van der Waals surface area contributed by atoms with Gasteiger partial charge in [0.05, 0.1) is 10.2 Å². The molecule has 141 valence electrons. The summed E-state index contributed by atoms with van der Waals surface area (Å²) in [6.45, 7) is 3.95. The predicted octanol–water partition coefficient (Wildman–Crippen LogP) is 3.61. The largest absolute Gasteiger partial charge is 2.00 e. The van der Waals surface area contributed by atoms with Crippen LogP contribution in [-0.4, -0.2) is 20.1 Å². The van der Waals surface area contributed by atoms with E-state index in [0.717, 1.165) is 11.1 Å². The van der Waals surface area contributed by atoms with Crippen LogP contribution in [0.4, 0.5) is 0 Å². The number of hydrogen-bond donors (Lipinski definition) is 0. The fourth-order valence-corrected chi connectivity index (χ4v) is 1.12. The van der Waals surface area contributed by atoms with Gasteiger partial charge >= 0.3 is 17.1 Å². The first-order chi connectivity index (χ1) is 11.0. The van der Waals surface area contributed by atoms with Gasteiger partial charge in [0, 0.05) is 12.4 Å². The third kappa shape index (κ3) is 27.0. The second-order valence-electron chi connectivity index (χ2n) is 3.76. The Kier molecular flexibility index (Phi) is 18.4. The fourth-order valence-electron chi connectivity index (χ4n) is 0.900. The molecule has 0 spiro atoms. The maximum Gasteiger partial charge on any atom is 2.00 e. The van der Waals surface area contributed by atoms with Gasteiger partial charge in [-0.2, -0.15) is 0 Å². The van der Waals surface area contributed by atoms with Crippen molar-refractivity contribution in [3.63, 3.8) is 0 Å². The number of pyridine rings is 2. The molecule has 10 nitrogen and oxygen atoms in total. The van der Waals surface area contributed by atoms with Crippen LogP contribution in [0.25, 0.3) is 0 Å². The smallest absolute Gasteiger partial charge is 0.356 e. The van der Waals surface area contributed by atoms with Gasteiger partial charge in [-0.05, 0) is 37.1 Å². The maximum atomic E-state index is 8.25. The monoisotopic (exact) mass is 441 g/mol. The minimum absolute atomic E-state index is 0. The molecule has 13 heteroatoms. The Morgan fingerprint density at radius 2 is 1.00 bits per heavy atom. The Morgan fingerprint density at radius 3 is 1.12 bits per heavy atom. The minimum atomic E-state index is -1.75. The second kappa shape index (κ2) is 16.7. The molecule has 0 saturated carbocycles. The van der Waals surface area contributed by atoms with E-state index in [1.54, 1.807) is 24.5 Å². The Balaban J connectivity index is -0.000000270. The van der Waals surface area contributed by atoms with E-state index in [4.69, 9.17) is 53.8 Å². The number of halogens is 2. The number of rotatable bonds is 0. The fraction of sp³-hybridized carbons (Fsp3) is 0.167. The van der Waals surface area contributed by atoms with Gasteiger partial charge < -0.3 is 30.6 Å². The summed E-state index contributed by atoms with van der Waals surface area (Å²) in [6.07, 6.45) is 3.48. The van der Waals surface area contributed by atoms with Gasteiger partial charge in [0.1, 0.15) is 10.3 Å². The van der Waals surface area contributed by atoms with E-state index in [0.29, 0.717) is 10.3 Å². The van der Waals surface area contributed by atoms with Gasteiger partial charge in [0.15, 0.2) is 0 Å². The van der Waals surface area contributed by atoms with Crippen molar-refractivity contribution in [1.29, 1.82) is 0 Å². The van der Waals surface area contributed by atoms with Crippen molar-refractivity contribution in [2.45, 2.75) is 13.8 Å². The molecule has 25 heavy (non-hydrogen) atoms. The summed E-state index contributed by atoms with van der Waals surface area (Å²) in [6, 6.07) is 7.40. The van der Waals surface area contributed by atoms with Gasteiger partial charge in [-0.25, -0.2) is 9.97 Å². The molecule has 0 saturated heterocycles. The molecule has 1 radical (unpaired) electrons. The molecule has 0 atom stereocenters. The van der Waals surface area contributed by atoms with Crippen LogP contribution in [0.15, 0.2) is 36.7 Å². The summed E-state index contributed by atoms with van der Waals surface area (Å²) in [4.78, 5) is 24.2. The van der Waals surface area contributed by atoms with E-state index in [1.807, 2.05) is 26.0 Å². The molecule has 0 aliphatic carbocycles. The standard InChI is InChI=1S/2C6H6ClN.Cu.2NO3/c2*1-5-2-3-6(7)8-4-5;;2*2-1(3)4/h2*2-4H,1H3;;;/q;;+2;2*-1. The summed E-state index contributed by atoms with van der Waals surface area (Å²) >= 11 is 11.0. The van der Waals surface area contributed by atoms with Crippen LogP contribution in [0.5, 0.6) is 0 Å². The summed E-state index contributed by atoms with van der Waals surface area (Å²) < 4.78 is 0. The summed E-state index contributed by atoms with van der Waals surface area (Å²) in [5.74, 6) is 0. The minimum Gasteiger partial charge on any atom is -0.356 e. The molecule has 0 amide bonds. The molecule has 0 fully saturated rings. The summed E-state index contributed by atoms with van der Waals surface area (Å²) in [7, 11) is 0. The first-order valence-electron chi connectivity index (χ1n) is 5.84. The zero-order valence-electron chi connectivity index (χ0n) is 12.8. The molecule has 0 N–H and O–H groups in total. The number of aryl methyl sites for hydroxylation is 2. The van der Waals surface area contributed by atoms with Crippen LogP contribution in [0.1, 0.15) is 11.1 Å². The van der Waals surface area contributed by atoms with Crippen LogP contribution in [-0.2, 0) is 17.1 Å². The molecule has 0 aliphatic heterocycles. The first-order valence-corrected chi connectivity index (χ1v) is 6.59. The molecule has 0 aliphatic rings. The van der Waals surface area contributed by atoms with Crippen LogP contribution in [0.2, 0.25) is 10.3 Å². The molecule has 0 aromatic carbocycles. The molecule has 2 aromatic rings. The van der Waals surface area contributed by atoms with E-state index >= 15 is 0 Å². The normalized spacial score (nSPS) is 7.84. The Hall–Kier alpha value is -2.20. The van der Waals surface area contributed by atoms with Gasteiger partial charge in [0.2, 0.25) is 0 Å². The molecule has 0 unspecified atom stereocenters. The van der Waals surface area contributed by atoms with Crippen molar-refractivity contribution >= 4 is 23.2 Å². The van der Waals surface area contributed by atoms with Crippen molar-refractivity contribution in [3.05, 3.63) is 88.7 Å². The van der Waals surface area contributed by atoms with Crippen molar-refractivity contribution in [3.8, 4) is 0 Å². The van der Waals surface area contributed by atoms with Crippen LogP contribution in [0, 0.1) is 44.5 Å². The van der Waals surface area contributed by atoms with Crippen LogP contribution < -0.4 is 0 Å². The molecule has 0 bridgehead atoms. The molecule has 2 aromatic heterocycles. The van der Waals surface area contributed by atoms with Crippen molar-refractivity contribution in [2.75, 3.05) is 0 Å². The Morgan fingerprint density at radius 1 is 0.760 bits per heavy atom. The number of aromatic nitrogens is 2. The van der Waals surface area contributed by atoms with E-state index in [1.165, 1.54) is 0 Å². The molecular formula is C12H12Cl2CuN4O6. The topological polar surface area (TPSA) is 158 Å². The number of hydrogen-bond acceptors (Lipinski definition) is 8. The number of nitrogens with zero attached hydrogens (tertiary/aromatic N) is 4. The average Bonchev–Trinajstić information content (AvgIpc) is 2.45. The Bertz CT molecular complexity index is 511. The second-order valence-corrected chi connectivity index (χ2v) is 4.54. The van der Waals surface area contributed by atoms with E-state index in [2.05, 4.69) is 9.97 Å². The van der Waals surface area contributed by atoms with Gasteiger partial charge in [-0.1, -0.05) is 35.3 Å². The average molecular weight is 443 g/mol. The van der Waals surface area contributed by atoms with Gasteiger partial charge in [-0.15, -0.1) is 0 Å². The maximum absolute atomic E-state index is 8.25. The Labute approximate surface area is 163 Å². The third-order valence-corrected chi connectivity index (χ3v) is 2.20. The van der Waals surface area contributed by atoms with E-state index in [-0.39, 0.29) is 17.1 Å². The van der Waals surface area contributed by atoms with Crippen LogP contribution >= 0.6 is 23.2 Å². The van der Waals surface area contributed by atoms with E-state index in [9.17, 15) is 0 Å². The predicted molar refractivity (Wildman–Crippen MR) is 88.7 cm³/mol. The van der Waals surface area contributed by atoms with Crippen molar-refractivity contribution in [2.24, 2.45) is 0 Å².